The highest BCUT2D eigenvalue weighted by molar-refractivity contribution is 7.99. The third kappa shape index (κ3) is 2.78. The monoisotopic (exact) mass is 330 g/mol. The Labute approximate surface area is 134 Å². The van der Waals surface area contributed by atoms with Crippen LogP contribution < -0.4 is 10.4 Å². The predicted molar refractivity (Wildman–Crippen MR) is 85.1 cm³/mol. The van der Waals surface area contributed by atoms with Gasteiger partial charge in [-0.2, -0.15) is 4.52 Å². The fourth-order valence-corrected chi connectivity index (χ4v) is 2.62. The number of aromatic amines is 1. The Hall–Kier alpha value is -2.79. The van der Waals surface area contributed by atoms with Crippen molar-refractivity contribution < 1.29 is 9.13 Å². The maximum atomic E-state index is 13.1. The zero-order chi connectivity index (χ0) is 16.4. The molecule has 0 aliphatic carbocycles. The molecule has 0 unspecified atom stereocenters. The van der Waals surface area contributed by atoms with Crippen LogP contribution in [-0.2, 0) is 0 Å². The number of ether oxygens (including phenoxy) is 1. The number of halogens is 1. The normalized spacial score (nSPS) is 10.7. The van der Waals surface area contributed by atoms with Gasteiger partial charge in [0.05, 0.1) is 18.4 Å². The zero-order valence-corrected chi connectivity index (χ0v) is 12.9. The van der Waals surface area contributed by atoms with Crippen LogP contribution >= 0.6 is 11.8 Å². The molecule has 2 aromatic heterocycles. The Morgan fingerprint density at radius 2 is 2.17 bits per heavy atom. The Kier molecular flexibility index (Phi) is 4.04. The first-order chi connectivity index (χ1) is 11.1. The van der Waals surface area contributed by atoms with E-state index in [1.165, 1.54) is 31.0 Å². The molecule has 3 rings (SSSR count). The van der Waals surface area contributed by atoms with E-state index in [-0.39, 0.29) is 11.7 Å². The molecular formula is C15H11FN4O2S. The van der Waals surface area contributed by atoms with Crippen LogP contribution in [0.25, 0.3) is 16.8 Å². The minimum absolute atomic E-state index is 0.230. The Morgan fingerprint density at radius 1 is 1.43 bits per heavy atom. The summed E-state index contributed by atoms with van der Waals surface area (Å²) < 4.78 is 19.5. The van der Waals surface area contributed by atoms with Crippen LogP contribution in [-0.4, -0.2) is 32.4 Å². The van der Waals surface area contributed by atoms with Crippen molar-refractivity contribution in [3.8, 4) is 29.4 Å². The van der Waals surface area contributed by atoms with Crippen molar-refractivity contribution in [1.82, 2.24) is 19.6 Å². The van der Waals surface area contributed by atoms with E-state index in [4.69, 9.17) is 11.2 Å². The molecule has 0 spiro atoms. The summed E-state index contributed by atoms with van der Waals surface area (Å²) in [5.41, 5.74) is 1.02. The molecule has 0 saturated carbocycles. The number of nitrogens with zero attached hydrogens (tertiary/aromatic N) is 3. The molecule has 0 amide bonds. The molecule has 0 aliphatic heterocycles. The smallest absolute Gasteiger partial charge is 0.350 e. The number of benzene rings is 1. The second kappa shape index (κ2) is 6.14. The van der Waals surface area contributed by atoms with Gasteiger partial charge in [-0.3, -0.25) is 4.98 Å². The van der Waals surface area contributed by atoms with Gasteiger partial charge in [0.15, 0.2) is 10.8 Å². The topological polar surface area (TPSA) is 72.3 Å². The fraction of sp³-hybridized carbons (Fsp3) is 0.133. The maximum absolute atomic E-state index is 13.1. The van der Waals surface area contributed by atoms with Gasteiger partial charge in [0.2, 0.25) is 5.88 Å². The Morgan fingerprint density at radius 3 is 2.83 bits per heavy atom. The standard InChI is InChI=1S/C15H11FN4O2S/c1-3-8-23-14-17-12-11(9-4-6-10(16)7-5-9)13(22-2)19-20(12)15(21)18-14/h1,4-7H,8H2,2H3,(H,17,18,21). The van der Waals surface area contributed by atoms with Crippen molar-refractivity contribution in [3.05, 3.63) is 40.6 Å². The molecule has 1 aromatic carbocycles. The zero-order valence-electron chi connectivity index (χ0n) is 12.0. The summed E-state index contributed by atoms with van der Waals surface area (Å²) in [5, 5.41) is 4.48. The summed E-state index contributed by atoms with van der Waals surface area (Å²) in [5.74, 6) is 2.71. The largest absolute Gasteiger partial charge is 0.479 e. The first kappa shape index (κ1) is 15.1. The van der Waals surface area contributed by atoms with Gasteiger partial charge in [0.25, 0.3) is 0 Å². The van der Waals surface area contributed by atoms with Crippen LogP contribution in [0.3, 0.4) is 0 Å². The van der Waals surface area contributed by atoms with Crippen LogP contribution in [0.2, 0.25) is 0 Å². The molecular weight excluding hydrogens is 319 g/mol. The van der Waals surface area contributed by atoms with Gasteiger partial charge in [-0.15, -0.1) is 11.5 Å². The van der Waals surface area contributed by atoms with Gasteiger partial charge in [0.1, 0.15) is 5.82 Å². The number of terminal acetylenes is 1. The molecule has 8 heteroatoms. The number of rotatable bonds is 4. The molecule has 0 bridgehead atoms. The third-order valence-electron chi connectivity index (χ3n) is 3.06. The van der Waals surface area contributed by atoms with Gasteiger partial charge < -0.3 is 4.74 Å². The molecule has 0 aliphatic rings. The minimum Gasteiger partial charge on any atom is -0.479 e. The number of hydrogen-bond acceptors (Lipinski definition) is 5. The fourth-order valence-electron chi connectivity index (χ4n) is 2.09. The number of nitrogens with one attached hydrogen (secondary N) is 1. The highest BCUT2D eigenvalue weighted by Gasteiger charge is 2.19. The summed E-state index contributed by atoms with van der Waals surface area (Å²) in [4.78, 5) is 19.1. The third-order valence-corrected chi connectivity index (χ3v) is 3.84. The first-order valence-corrected chi connectivity index (χ1v) is 7.52. The van der Waals surface area contributed by atoms with E-state index in [2.05, 4.69) is 21.0 Å². The number of fused-ring (bicyclic) bond motifs is 1. The van der Waals surface area contributed by atoms with E-state index in [1.54, 1.807) is 12.1 Å². The summed E-state index contributed by atoms with van der Waals surface area (Å²) >= 11 is 1.23. The summed E-state index contributed by atoms with van der Waals surface area (Å²) in [7, 11) is 1.44. The number of thioether (sulfide) groups is 1. The maximum Gasteiger partial charge on any atom is 0.350 e. The molecule has 116 valence electrons. The lowest BCUT2D eigenvalue weighted by Crippen LogP contribution is -2.19. The number of hydrogen-bond donors (Lipinski definition) is 1. The molecule has 3 aromatic rings. The number of H-pyrrole nitrogens is 1. The Bertz CT molecular complexity index is 956. The lowest BCUT2D eigenvalue weighted by molar-refractivity contribution is 0.395. The first-order valence-electron chi connectivity index (χ1n) is 6.53. The molecule has 6 nitrogen and oxygen atoms in total. The SMILES string of the molecule is C#CCSc1nc2c(-c3ccc(F)cc3)c(OC)nn2c(=O)[nH]1. The second-order valence-electron chi connectivity index (χ2n) is 4.47. The molecule has 0 saturated heterocycles. The van der Waals surface area contributed by atoms with Crippen LogP contribution in [0.1, 0.15) is 0 Å². The second-order valence-corrected chi connectivity index (χ2v) is 5.43. The van der Waals surface area contributed by atoms with Crippen molar-refractivity contribution in [2.75, 3.05) is 12.9 Å². The number of aromatic nitrogens is 4. The molecule has 0 radical (unpaired) electrons. The van der Waals surface area contributed by atoms with E-state index in [1.807, 2.05) is 0 Å². The summed E-state index contributed by atoms with van der Waals surface area (Å²) in [6.45, 7) is 0. The summed E-state index contributed by atoms with van der Waals surface area (Å²) in [6, 6.07) is 5.79. The average Bonchev–Trinajstić information content (AvgIpc) is 2.93. The highest BCUT2D eigenvalue weighted by Crippen LogP contribution is 2.32. The quantitative estimate of drug-likeness (QED) is 0.585. The molecule has 0 atom stereocenters. The van der Waals surface area contributed by atoms with E-state index in [9.17, 15) is 9.18 Å². The van der Waals surface area contributed by atoms with E-state index < -0.39 is 5.69 Å². The van der Waals surface area contributed by atoms with Gasteiger partial charge in [-0.1, -0.05) is 29.8 Å². The van der Waals surface area contributed by atoms with Gasteiger partial charge in [-0.05, 0) is 17.7 Å². The van der Waals surface area contributed by atoms with Gasteiger partial charge >= 0.3 is 5.69 Å². The van der Waals surface area contributed by atoms with Crippen molar-refractivity contribution in [1.29, 1.82) is 0 Å². The van der Waals surface area contributed by atoms with Crippen LogP contribution in [0, 0.1) is 18.2 Å². The predicted octanol–water partition coefficient (Wildman–Crippen LogP) is 1.96. The van der Waals surface area contributed by atoms with Gasteiger partial charge in [0, 0.05) is 0 Å². The van der Waals surface area contributed by atoms with Crippen molar-refractivity contribution in [2.24, 2.45) is 0 Å². The van der Waals surface area contributed by atoms with Crippen LogP contribution in [0.4, 0.5) is 4.39 Å². The van der Waals surface area contributed by atoms with Crippen LogP contribution in [0.15, 0.2) is 34.2 Å². The molecule has 1 N–H and O–H groups in total. The van der Waals surface area contributed by atoms with E-state index in [0.29, 0.717) is 27.7 Å². The molecule has 2 heterocycles. The lowest BCUT2D eigenvalue weighted by Gasteiger charge is -2.02. The van der Waals surface area contributed by atoms with E-state index in [0.717, 1.165) is 4.52 Å². The van der Waals surface area contributed by atoms with Gasteiger partial charge in [-0.25, -0.2) is 14.2 Å². The minimum atomic E-state index is -0.457. The van der Waals surface area contributed by atoms with Crippen LogP contribution in [0.5, 0.6) is 5.88 Å². The molecule has 23 heavy (non-hydrogen) atoms. The summed E-state index contributed by atoms with van der Waals surface area (Å²) in [6.07, 6.45) is 5.22. The lowest BCUT2D eigenvalue weighted by atomic mass is 10.1. The average molecular weight is 330 g/mol. The van der Waals surface area contributed by atoms with E-state index >= 15 is 0 Å². The highest BCUT2D eigenvalue weighted by atomic mass is 32.2. The number of methoxy groups -OCH3 is 1. The molecule has 0 fully saturated rings. The van der Waals surface area contributed by atoms with Crippen molar-refractivity contribution in [3.63, 3.8) is 0 Å². The van der Waals surface area contributed by atoms with Crippen molar-refractivity contribution in [2.45, 2.75) is 5.16 Å². The van der Waals surface area contributed by atoms with Crippen molar-refractivity contribution >= 4 is 17.4 Å². The Balaban J connectivity index is 2.26.